The Morgan fingerprint density at radius 2 is 1.88 bits per heavy atom. The Kier molecular flexibility index (Phi) is 2.56. The van der Waals surface area contributed by atoms with Crippen LogP contribution in [0.25, 0.3) is 17.2 Å². The van der Waals surface area contributed by atoms with E-state index in [0.717, 1.165) is 0 Å². The molecule has 0 amide bonds. The number of hydrogen-bond acceptors (Lipinski definition) is 0. The summed E-state index contributed by atoms with van der Waals surface area (Å²) in [6, 6.07) is 15.4. The first-order valence-corrected chi connectivity index (χ1v) is 6.20. The van der Waals surface area contributed by atoms with Crippen molar-refractivity contribution in [3.63, 3.8) is 0 Å². The quantitative estimate of drug-likeness (QED) is 0.657. The first-order chi connectivity index (χ1) is 8.34. The zero-order valence-corrected chi connectivity index (χ0v) is 10.1. The van der Waals surface area contributed by atoms with Crippen LogP contribution < -0.4 is 0 Å². The summed E-state index contributed by atoms with van der Waals surface area (Å²) in [5, 5.41) is 0. The predicted octanol–water partition coefficient (Wildman–Crippen LogP) is 4.62. The van der Waals surface area contributed by atoms with Crippen molar-refractivity contribution >= 4 is 6.08 Å². The summed E-state index contributed by atoms with van der Waals surface area (Å²) in [5.74, 6) is 0. The van der Waals surface area contributed by atoms with Gasteiger partial charge in [0.1, 0.15) is 0 Å². The minimum Gasteiger partial charge on any atom is -0.0836 e. The van der Waals surface area contributed by atoms with Crippen LogP contribution in [0, 0.1) is 6.92 Å². The Morgan fingerprint density at radius 1 is 1.00 bits per heavy atom. The molecular formula is C17H16. The summed E-state index contributed by atoms with van der Waals surface area (Å²) in [5.41, 5.74) is 6.89. The smallest absolute Gasteiger partial charge is 0.0109 e. The van der Waals surface area contributed by atoms with E-state index >= 15 is 0 Å². The molecule has 2 aromatic rings. The van der Waals surface area contributed by atoms with E-state index in [1.807, 2.05) is 0 Å². The molecule has 0 unspecified atom stereocenters. The van der Waals surface area contributed by atoms with Gasteiger partial charge in [0.25, 0.3) is 0 Å². The monoisotopic (exact) mass is 220 g/mol. The minimum absolute atomic E-state index is 1.17. The van der Waals surface area contributed by atoms with E-state index in [9.17, 15) is 0 Å². The topological polar surface area (TPSA) is 0 Å². The molecule has 0 saturated heterocycles. The molecule has 0 N–H and O–H groups in total. The van der Waals surface area contributed by atoms with Crippen LogP contribution in [0.2, 0.25) is 0 Å². The maximum atomic E-state index is 2.28. The highest BCUT2D eigenvalue weighted by atomic mass is 14.1. The summed E-state index contributed by atoms with van der Waals surface area (Å²) in [7, 11) is 0. The van der Waals surface area contributed by atoms with Crippen molar-refractivity contribution < 1.29 is 0 Å². The van der Waals surface area contributed by atoms with Crippen molar-refractivity contribution in [3.8, 4) is 11.1 Å². The Bertz CT molecular complexity index is 576. The Labute approximate surface area is 103 Å². The number of aryl methyl sites for hydroxylation is 2. The largest absolute Gasteiger partial charge is 0.0836 e. The van der Waals surface area contributed by atoms with Gasteiger partial charge >= 0.3 is 0 Å². The molecule has 0 spiro atoms. The van der Waals surface area contributed by atoms with Gasteiger partial charge in [-0.25, -0.2) is 0 Å². The highest BCUT2D eigenvalue weighted by Gasteiger charge is 2.09. The van der Waals surface area contributed by atoms with E-state index in [1.165, 1.54) is 40.7 Å². The molecule has 0 saturated carbocycles. The highest BCUT2D eigenvalue weighted by molar-refractivity contribution is 5.78. The molecule has 0 fully saturated rings. The number of hydrogen-bond donors (Lipinski definition) is 0. The molecule has 3 rings (SSSR count). The first kappa shape index (κ1) is 10.3. The van der Waals surface area contributed by atoms with Crippen LogP contribution in [0.5, 0.6) is 0 Å². The van der Waals surface area contributed by atoms with E-state index in [1.54, 1.807) is 0 Å². The van der Waals surface area contributed by atoms with E-state index in [2.05, 4.69) is 61.5 Å². The molecule has 84 valence electrons. The van der Waals surface area contributed by atoms with E-state index in [0.29, 0.717) is 0 Å². The van der Waals surface area contributed by atoms with Gasteiger partial charge in [-0.05, 0) is 42.0 Å². The summed E-state index contributed by atoms with van der Waals surface area (Å²) >= 11 is 0. The van der Waals surface area contributed by atoms with Gasteiger partial charge in [-0.2, -0.15) is 0 Å². The molecule has 0 heteroatoms. The van der Waals surface area contributed by atoms with Crippen LogP contribution in [-0.4, -0.2) is 0 Å². The van der Waals surface area contributed by atoms with Crippen LogP contribution in [0.1, 0.15) is 23.1 Å². The number of rotatable bonds is 1. The maximum absolute atomic E-state index is 2.28. The summed E-state index contributed by atoms with van der Waals surface area (Å²) in [4.78, 5) is 0. The lowest BCUT2D eigenvalue weighted by atomic mass is 9.90. The Balaban J connectivity index is 2.19. The molecule has 0 radical (unpaired) electrons. The van der Waals surface area contributed by atoms with Crippen molar-refractivity contribution in [1.29, 1.82) is 0 Å². The molecule has 0 aliphatic heterocycles. The van der Waals surface area contributed by atoms with Gasteiger partial charge in [-0.3, -0.25) is 0 Å². The zero-order valence-electron chi connectivity index (χ0n) is 10.1. The first-order valence-electron chi connectivity index (χ1n) is 6.20. The van der Waals surface area contributed by atoms with Crippen molar-refractivity contribution in [2.75, 3.05) is 0 Å². The lowest BCUT2D eigenvalue weighted by Gasteiger charge is -2.15. The fourth-order valence-electron chi connectivity index (χ4n) is 2.53. The van der Waals surface area contributed by atoms with Gasteiger partial charge < -0.3 is 0 Å². The van der Waals surface area contributed by atoms with Crippen molar-refractivity contribution in [2.45, 2.75) is 19.8 Å². The molecule has 0 heterocycles. The van der Waals surface area contributed by atoms with Gasteiger partial charge in [0.05, 0.1) is 0 Å². The molecule has 17 heavy (non-hydrogen) atoms. The van der Waals surface area contributed by atoms with Crippen LogP contribution >= 0.6 is 0 Å². The number of fused-ring (bicyclic) bond motifs is 1. The minimum atomic E-state index is 1.17. The van der Waals surface area contributed by atoms with Crippen molar-refractivity contribution in [2.24, 2.45) is 0 Å². The number of allylic oxidation sites excluding steroid dienone is 1. The lowest BCUT2D eigenvalue weighted by Crippen LogP contribution is -1.96. The maximum Gasteiger partial charge on any atom is -0.0109 e. The van der Waals surface area contributed by atoms with Gasteiger partial charge in [-0.1, -0.05) is 60.2 Å². The average Bonchev–Trinajstić information content (AvgIpc) is 2.38. The van der Waals surface area contributed by atoms with E-state index in [-0.39, 0.29) is 0 Å². The molecule has 1 aliphatic rings. The van der Waals surface area contributed by atoms with Gasteiger partial charge in [0.2, 0.25) is 0 Å². The van der Waals surface area contributed by atoms with Crippen LogP contribution in [-0.2, 0) is 6.42 Å². The van der Waals surface area contributed by atoms with Gasteiger partial charge in [-0.15, -0.1) is 0 Å². The summed E-state index contributed by atoms with van der Waals surface area (Å²) in [6.45, 7) is 2.15. The fourth-order valence-corrected chi connectivity index (χ4v) is 2.53. The van der Waals surface area contributed by atoms with E-state index < -0.39 is 0 Å². The number of benzene rings is 2. The van der Waals surface area contributed by atoms with E-state index in [4.69, 9.17) is 0 Å². The normalized spacial score (nSPS) is 13.5. The van der Waals surface area contributed by atoms with Crippen molar-refractivity contribution in [3.05, 3.63) is 65.2 Å². The van der Waals surface area contributed by atoms with Crippen LogP contribution in [0.15, 0.2) is 48.5 Å². The molecular weight excluding hydrogens is 204 g/mol. The van der Waals surface area contributed by atoms with Crippen molar-refractivity contribution in [1.82, 2.24) is 0 Å². The highest BCUT2D eigenvalue weighted by Crippen LogP contribution is 2.30. The molecule has 0 atom stereocenters. The second-order valence-electron chi connectivity index (χ2n) is 4.69. The Hall–Kier alpha value is -1.82. The molecule has 0 bridgehead atoms. The molecule has 1 aliphatic carbocycles. The lowest BCUT2D eigenvalue weighted by molar-refractivity contribution is 0.986. The zero-order chi connectivity index (χ0) is 11.7. The second-order valence-corrected chi connectivity index (χ2v) is 4.69. The summed E-state index contributed by atoms with van der Waals surface area (Å²) < 4.78 is 0. The standard InChI is InChI=1S/C17H16/c1-13-6-4-9-15(12-13)17-11-5-8-14-7-2-3-10-16(14)17/h3-6,8-12H,2,7H2,1H3. The SMILES string of the molecule is Cc1cccc(-c2cccc3c2C=CCC3)c1. The molecule has 2 aromatic carbocycles. The third kappa shape index (κ3) is 1.91. The van der Waals surface area contributed by atoms with Gasteiger partial charge in [0.15, 0.2) is 0 Å². The Morgan fingerprint density at radius 3 is 2.76 bits per heavy atom. The third-order valence-electron chi connectivity index (χ3n) is 3.39. The average molecular weight is 220 g/mol. The third-order valence-corrected chi connectivity index (χ3v) is 3.39. The van der Waals surface area contributed by atoms with Crippen LogP contribution in [0.4, 0.5) is 0 Å². The second kappa shape index (κ2) is 4.21. The predicted molar refractivity (Wildman–Crippen MR) is 74.0 cm³/mol. The summed E-state index contributed by atoms with van der Waals surface area (Å²) in [6.07, 6.45) is 6.90. The van der Waals surface area contributed by atoms with Gasteiger partial charge in [0, 0.05) is 0 Å². The molecule has 0 aromatic heterocycles. The van der Waals surface area contributed by atoms with Crippen LogP contribution in [0.3, 0.4) is 0 Å². The molecule has 0 nitrogen and oxygen atoms in total. The fraction of sp³-hybridized carbons (Fsp3) is 0.176.